The largest absolute Gasteiger partial charge is 0.406 e. The van der Waals surface area contributed by atoms with E-state index in [0.29, 0.717) is 11.9 Å². The molecule has 2 rings (SSSR count). The van der Waals surface area contributed by atoms with E-state index in [9.17, 15) is 0 Å². The molecule has 0 fully saturated rings. The summed E-state index contributed by atoms with van der Waals surface area (Å²) in [7, 11) is 0. The predicted octanol–water partition coefficient (Wildman–Crippen LogP) is 3.47. The molecule has 6 heteroatoms. The first kappa shape index (κ1) is 12.4. The zero-order valence-electron chi connectivity index (χ0n) is 9.68. The Morgan fingerprint density at radius 3 is 2.88 bits per heavy atom. The molecule has 0 amide bonds. The third-order valence-corrected chi connectivity index (χ3v) is 3.32. The standard InChI is InChI=1S/C11H14ClN3OS/c1-7(6-9-4-3-5-17-9)13-11-15-14-10(16-11)8(2)12/h3-5,7-8H,6H2,1-2H3,(H,13,15). The highest BCUT2D eigenvalue weighted by molar-refractivity contribution is 7.09. The molecule has 0 radical (unpaired) electrons. The third-order valence-electron chi connectivity index (χ3n) is 2.24. The highest BCUT2D eigenvalue weighted by atomic mass is 35.5. The number of aromatic nitrogens is 2. The van der Waals surface area contributed by atoms with Gasteiger partial charge < -0.3 is 9.73 Å². The first-order valence-corrected chi connectivity index (χ1v) is 6.73. The van der Waals surface area contributed by atoms with Crippen LogP contribution in [0.4, 0.5) is 6.01 Å². The van der Waals surface area contributed by atoms with Crippen molar-refractivity contribution in [2.75, 3.05) is 5.32 Å². The molecule has 0 saturated heterocycles. The summed E-state index contributed by atoms with van der Waals surface area (Å²) in [4.78, 5) is 1.33. The Kier molecular flexibility index (Phi) is 4.02. The maximum absolute atomic E-state index is 5.85. The zero-order chi connectivity index (χ0) is 12.3. The summed E-state index contributed by atoms with van der Waals surface area (Å²) in [6, 6.07) is 4.83. The van der Waals surface area contributed by atoms with Crippen molar-refractivity contribution in [3.05, 3.63) is 28.3 Å². The van der Waals surface area contributed by atoms with Gasteiger partial charge in [-0.25, -0.2) is 0 Å². The van der Waals surface area contributed by atoms with E-state index in [2.05, 4.69) is 33.9 Å². The molecule has 0 aromatic carbocycles. The number of halogens is 1. The van der Waals surface area contributed by atoms with Crippen LogP contribution in [0.5, 0.6) is 0 Å². The van der Waals surface area contributed by atoms with Crippen molar-refractivity contribution in [3.8, 4) is 0 Å². The summed E-state index contributed by atoms with van der Waals surface area (Å²) in [6.07, 6.45) is 0.936. The van der Waals surface area contributed by atoms with E-state index >= 15 is 0 Å². The van der Waals surface area contributed by atoms with Crippen molar-refractivity contribution in [1.82, 2.24) is 10.2 Å². The molecule has 0 aliphatic heterocycles. The van der Waals surface area contributed by atoms with E-state index in [0.717, 1.165) is 6.42 Å². The molecule has 17 heavy (non-hydrogen) atoms. The molecule has 0 saturated carbocycles. The van der Waals surface area contributed by atoms with E-state index in [1.54, 1.807) is 18.3 Å². The number of nitrogens with one attached hydrogen (secondary N) is 1. The summed E-state index contributed by atoms with van der Waals surface area (Å²) in [6.45, 7) is 3.88. The smallest absolute Gasteiger partial charge is 0.315 e. The van der Waals surface area contributed by atoms with Crippen LogP contribution in [-0.4, -0.2) is 16.2 Å². The normalized spacial score (nSPS) is 14.5. The van der Waals surface area contributed by atoms with Crippen molar-refractivity contribution in [1.29, 1.82) is 0 Å². The van der Waals surface area contributed by atoms with Crippen molar-refractivity contribution in [2.24, 2.45) is 0 Å². The summed E-state index contributed by atoms with van der Waals surface area (Å²) >= 11 is 7.59. The number of alkyl halides is 1. The van der Waals surface area contributed by atoms with Gasteiger partial charge in [-0.3, -0.25) is 0 Å². The molecular formula is C11H14ClN3OS. The van der Waals surface area contributed by atoms with E-state index in [-0.39, 0.29) is 11.4 Å². The van der Waals surface area contributed by atoms with Gasteiger partial charge in [0.15, 0.2) is 0 Å². The van der Waals surface area contributed by atoms with Gasteiger partial charge in [-0.15, -0.1) is 28.0 Å². The number of nitrogens with zero attached hydrogens (tertiary/aromatic N) is 2. The average Bonchev–Trinajstić information content (AvgIpc) is 2.88. The molecule has 4 nitrogen and oxygen atoms in total. The fraction of sp³-hybridized carbons (Fsp3) is 0.455. The van der Waals surface area contributed by atoms with Gasteiger partial charge in [-0.2, -0.15) is 0 Å². The molecule has 0 aliphatic carbocycles. The lowest BCUT2D eigenvalue weighted by Crippen LogP contribution is -2.17. The number of thiophene rings is 1. The van der Waals surface area contributed by atoms with Gasteiger partial charge in [-0.05, 0) is 25.3 Å². The number of hydrogen-bond donors (Lipinski definition) is 1. The van der Waals surface area contributed by atoms with E-state index < -0.39 is 0 Å². The van der Waals surface area contributed by atoms with Crippen molar-refractivity contribution in [2.45, 2.75) is 31.7 Å². The fourth-order valence-corrected chi connectivity index (χ4v) is 2.37. The Balaban J connectivity index is 1.91. The monoisotopic (exact) mass is 271 g/mol. The molecule has 92 valence electrons. The predicted molar refractivity (Wildman–Crippen MR) is 69.7 cm³/mol. The van der Waals surface area contributed by atoms with E-state index in [1.165, 1.54) is 4.88 Å². The lowest BCUT2D eigenvalue weighted by Gasteiger charge is -2.09. The highest BCUT2D eigenvalue weighted by Crippen LogP contribution is 2.20. The topological polar surface area (TPSA) is 51.0 Å². The molecule has 1 N–H and O–H groups in total. The third kappa shape index (κ3) is 3.44. The second kappa shape index (κ2) is 5.51. The van der Waals surface area contributed by atoms with Crippen LogP contribution in [0.2, 0.25) is 0 Å². The maximum Gasteiger partial charge on any atom is 0.315 e. The Morgan fingerprint density at radius 2 is 2.29 bits per heavy atom. The first-order chi connectivity index (χ1) is 8.15. The van der Waals surface area contributed by atoms with Crippen molar-refractivity contribution < 1.29 is 4.42 Å². The lowest BCUT2D eigenvalue weighted by molar-refractivity contribution is 0.500. The second-order valence-corrected chi connectivity index (χ2v) is 5.58. The summed E-state index contributed by atoms with van der Waals surface area (Å²) in [5.41, 5.74) is 0. The quantitative estimate of drug-likeness (QED) is 0.846. The minimum Gasteiger partial charge on any atom is -0.406 e. The lowest BCUT2D eigenvalue weighted by atomic mass is 10.2. The molecule has 2 aromatic heterocycles. The summed E-state index contributed by atoms with van der Waals surface area (Å²) in [5.74, 6) is 0.442. The molecule has 0 spiro atoms. The summed E-state index contributed by atoms with van der Waals surface area (Å²) in [5, 5.41) is 12.7. The number of hydrogen-bond acceptors (Lipinski definition) is 5. The van der Waals surface area contributed by atoms with Crippen LogP contribution in [0.15, 0.2) is 21.9 Å². The molecule has 2 unspecified atom stereocenters. The molecule has 0 aliphatic rings. The van der Waals surface area contributed by atoms with Gasteiger partial charge in [0, 0.05) is 17.3 Å². The Hall–Kier alpha value is -1.07. The minimum atomic E-state index is -0.259. The van der Waals surface area contributed by atoms with Crippen LogP contribution in [0.1, 0.15) is 30.0 Å². The van der Waals surface area contributed by atoms with Crippen LogP contribution >= 0.6 is 22.9 Å². The van der Waals surface area contributed by atoms with Crippen LogP contribution in [0.25, 0.3) is 0 Å². The van der Waals surface area contributed by atoms with Crippen LogP contribution < -0.4 is 5.32 Å². The number of anilines is 1. The average molecular weight is 272 g/mol. The molecular weight excluding hydrogens is 258 g/mol. The zero-order valence-corrected chi connectivity index (χ0v) is 11.3. The SMILES string of the molecule is CC(Cc1cccs1)Nc1nnc(C(C)Cl)o1. The number of rotatable bonds is 5. The maximum atomic E-state index is 5.85. The summed E-state index contributed by atoms with van der Waals surface area (Å²) < 4.78 is 5.37. The van der Waals surface area contributed by atoms with Gasteiger partial charge in [0.05, 0.1) is 0 Å². The van der Waals surface area contributed by atoms with E-state index in [1.807, 2.05) is 6.07 Å². The molecule has 2 heterocycles. The molecule has 2 atom stereocenters. The van der Waals surface area contributed by atoms with Gasteiger partial charge in [0.1, 0.15) is 5.38 Å². The second-order valence-electron chi connectivity index (χ2n) is 3.89. The van der Waals surface area contributed by atoms with Gasteiger partial charge >= 0.3 is 6.01 Å². The fourth-order valence-electron chi connectivity index (χ4n) is 1.45. The highest BCUT2D eigenvalue weighted by Gasteiger charge is 2.13. The van der Waals surface area contributed by atoms with E-state index in [4.69, 9.17) is 16.0 Å². The van der Waals surface area contributed by atoms with Crippen molar-refractivity contribution in [3.63, 3.8) is 0 Å². The van der Waals surface area contributed by atoms with Crippen LogP contribution in [0.3, 0.4) is 0 Å². The van der Waals surface area contributed by atoms with Gasteiger partial charge in [0.2, 0.25) is 5.89 Å². The van der Waals surface area contributed by atoms with Gasteiger partial charge in [-0.1, -0.05) is 11.2 Å². The minimum absolute atomic E-state index is 0.243. The van der Waals surface area contributed by atoms with Crippen molar-refractivity contribution >= 4 is 29.0 Å². The Morgan fingerprint density at radius 1 is 1.47 bits per heavy atom. The Bertz CT molecular complexity index is 455. The van der Waals surface area contributed by atoms with Crippen LogP contribution in [0, 0.1) is 0 Å². The Labute approximate surface area is 109 Å². The molecule has 2 aromatic rings. The van der Waals surface area contributed by atoms with Crippen LogP contribution in [-0.2, 0) is 6.42 Å². The van der Waals surface area contributed by atoms with Gasteiger partial charge in [0.25, 0.3) is 0 Å². The first-order valence-electron chi connectivity index (χ1n) is 5.41. The molecule has 0 bridgehead atoms.